The predicted molar refractivity (Wildman–Crippen MR) is 79.7 cm³/mol. The Bertz CT molecular complexity index is 634. The second-order valence-corrected chi connectivity index (χ2v) is 4.92. The molecule has 2 rings (SSSR count). The summed E-state index contributed by atoms with van der Waals surface area (Å²) in [4.78, 5) is 26.1. The maximum absolute atomic E-state index is 11.5. The Morgan fingerprint density at radius 2 is 1.95 bits per heavy atom. The predicted octanol–water partition coefficient (Wildman–Crippen LogP) is 0.324. The molecule has 21 heavy (non-hydrogen) atoms. The third-order valence-corrected chi connectivity index (χ3v) is 3.12. The van der Waals surface area contributed by atoms with Gasteiger partial charge < -0.3 is 20.7 Å². The third-order valence-electron chi connectivity index (χ3n) is 3.12. The lowest BCUT2D eigenvalue weighted by Crippen LogP contribution is -2.42. The first kappa shape index (κ1) is 15.1. The molecular weight excluding hydrogens is 270 g/mol. The summed E-state index contributed by atoms with van der Waals surface area (Å²) in [6, 6.07) is 7.91. The Morgan fingerprint density at radius 3 is 2.71 bits per heavy atom. The molecule has 6 heteroatoms. The van der Waals surface area contributed by atoms with Crippen molar-refractivity contribution in [3.63, 3.8) is 0 Å². The van der Waals surface area contributed by atoms with Crippen LogP contribution in [0.2, 0.25) is 0 Å². The first-order chi connectivity index (χ1) is 10.1. The fraction of sp³-hybridized carbons (Fsp3) is 0.333. The maximum atomic E-state index is 11.5. The van der Waals surface area contributed by atoms with Gasteiger partial charge in [-0.25, -0.2) is 0 Å². The highest BCUT2D eigenvalue weighted by atomic mass is 16.3. The van der Waals surface area contributed by atoms with Crippen molar-refractivity contribution in [3.05, 3.63) is 36.0 Å². The van der Waals surface area contributed by atoms with Crippen LogP contribution in [0.25, 0.3) is 10.9 Å². The van der Waals surface area contributed by atoms with Gasteiger partial charge in [-0.2, -0.15) is 0 Å². The topological polar surface area (TPSA) is 94.2 Å². The maximum Gasteiger partial charge on any atom is 0.309 e. The number of aromatic amines is 1. The van der Waals surface area contributed by atoms with E-state index in [4.69, 9.17) is 5.11 Å². The molecule has 0 saturated carbocycles. The summed E-state index contributed by atoms with van der Waals surface area (Å²) in [6.07, 6.45) is 1.87. The van der Waals surface area contributed by atoms with E-state index in [0.717, 1.165) is 16.5 Å². The van der Waals surface area contributed by atoms with Crippen molar-refractivity contribution in [3.8, 4) is 0 Å². The summed E-state index contributed by atoms with van der Waals surface area (Å²) < 4.78 is 0. The second kappa shape index (κ2) is 6.90. The van der Waals surface area contributed by atoms with Gasteiger partial charge in [0, 0.05) is 30.2 Å². The Balaban J connectivity index is 1.81. The quantitative estimate of drug-likeness (QED) is 0.597. The molecule has 2 amide bonds. The molecule has 0 bridgehead atoms. The molecule has 1 aromatic carbocycles. The molecule has 1 heterocycles. The highest BCUT2D eigenvalue weighted by Crippen LogP contribution is 2.17. The van der Waals surface area contributed by atoms with Crippen molar-refractivity contribution in [2.75, 3.05) is 13.1 Å². The van der Waals surface area contributed by atoms with Crippen LogP contribution in [0.3, 0.4) is 0 Å². The van der Waals surface area contributed by atoms with Crippen LogP contribution in [-0.4, -0.2) is 41.1 Å². The number of benzene rings is 1. The van der Waals surface area contributed by atoms with Gasteiger partial charge in [0.1, 0.15) is 0 Å². The Labute approximate surface area is 122 Å². The number of aromatic nitrogens is 1. The first-order valence-electron chi connectivity index (χ1n) is 6.87. The molecule has 0 aliphatic carbocycles. The number of amides is 2. The lowest BCUT2D eigenvalue weighted by atomic mass is 10.1. The van der Waals surface area contributed by atoms with Gasteiger partial charge in [-0.3, -0.25) is 9.59 Å². The molecular formula is C15H19N3O3. The number of aliphatic hydroxyl groups excluding tert-OH is 1. The number of hydrogen-bond acceptors (Lipinski definition) is 3. The number of H-pyrrole nitrogens is 1. The summed E-state index contributed by atoms with van der Waals surface area (Å²) in [5.74, 6) is -1.41. The van der Waals surface area contributed by atoms with Gasteiger partial charge in [0.2, 0.25) is 0 Å². The smallest absolute Gasteiger partial charge is 0.309 e. The van der Waals surface area contributed by atoms with E-state index in [1.165, 1.54) is 6.92 Å². The van der Waals surface area contributed by atoms with Gasteiger partial charge in [-0.15, -0.1) is 0 Å². The zero-order valence-corrected chi connectivity index (χ0v) is 11.8. The molecule has 0 aliphatic heterocycles. The number of para-hydroxylation sites is 1. The van der Waals surface area contributed by atoms with Gasteiger partial charge in [0.05, 0.1) is 6.10 Å². The van der Waals surface area contributed by atoms with Crippen molar-refractivity contribution in [1.82, 2.24) is 15.6 Å². The monoisotopic (exact) mass is 289 g/mol. The van der Waals surface area contributed by atoms with Gasteiger partial charge in [-0.1, -0.05) is 18.2 Å². The van der Waals surface area contributed by atoms with E-state index < -0.39 is 17.9 Å². The van der Waals surface area contributed by atoms with Crippen molar-refractivity contribution in [1.29, 1.82) is 0 Å². The lowest BCUT2D eigenvalue weighted by molar-refractivity contribution is -0.139. The molecule has 0 saturated heterocycles. The minimum atomic E-state index is -0.727. The van der Waals surface area contributed by atoms with E-state index in [1.54, 1.807) is 0 Å². The zero-order valence-electron chi connectivity index (χ0n) is 11.8. The number of fused-ring (bicyclic) bond motifs is 1. The van der Waals surface area contributed by atoms with Gasteiger partial charge in [0.25, 0.3) is 0 Å². The van der Waals surface area contributed by atoms with Crippen molar-refractivity contribution < 1.29 is 14.7 Å². The summed E-state index contributed by atoms with van der Waals surface area (Å²) in [7, 11) is 0. The number of carbonyl (C=O) groups excluding carboxylic acids is 2. The summed E-state index contributed by atoms with van der Waals surface area (Å²) in [5, 5.41) is 15.1. The molecule has 4 N–H and O–H groups in total. The SMILES string of the molecule is C[C@H](O)CNC(=O)C(=O)NCCc1c[nH]c2ccccc12. The highest BCUT2D eigenvalue weighted by Gasteiger charge is 2.13. The number of rotatable bonds is 5. The highest BCUT2D eigenvalue weighted by molar-refractivity contribution is 6.35. The average Bonchev–Trinajstić information content (AvgIpc) is 2.88. The molecule has 112 valence electrons. The molecule has 2 aromatic rings. The van der Waals surface area contributed by atoms with Crippen LogP contribution in [-0.2, 0) is 16.0 Å². The molecule has 0 spiro atoms. The number of hydrogen-bond donors (Lipinski definition) is 4. The Kier molecular flexibility index (Phi) is 4.94. The third kappa shape index (κ3) is 4.06. The Hall–Kier alpha value is -2.34. The normalized spacial score (nSPS) is 12.1. The van der Waals surface area contributed by atoms with Crippen LogP contribution in [0.15, 0.2) is 30.5 Å². The van der Waals surface area contributed by atoms with E-state index in [0.29, 0.717) is 13.0 Å². The van der Waals surface area contributed by atoms with Gasteiger partial charge >= 0.3 is 11.8 Å². The van der Waals surface area contributed by atoms with Crippen molar-refractivity contribution in [2.24, 2.45) is 0 Å². The molecule has 0 aliphatic rings. The van der Waals surface area contributed by atoms with Gasteiger partial charge in [-0.05, 0) is 25.0 Å². The zero-order chi connectivity index (χ0) is 15.2. The van der Waals surface area contributed by atoms with Crippen LogP contribution >= 0.6 is 0 Å². The number of nitrogens with one attached hydrogen (secondary N) is 3. The molecule has 0 radical (unpaired) electrons. The van der Waals surface area contributed by atoms with Crippen LogP contribution < -0.4 is 10.6 Å². The minimum absolute atomic E-state index is 0.0642. The van der Waals surface area contributed by atoms with Crippen molar-refractivity contribution >= 4 is 22.7 Å². The van der Waals surface area contributed by atoms with Crippen LogP contribution in [0.4, 0.5) is 0 Å². The van der Waals surface area contributed by atoms with E-state index in [1.807, 2.05) is 30.5 Å². The van der Waals surface area contributed by atoms with Crippen molar-refractivity contribution in [2.45, 2.75) is 19.4 Å². The van der Waals surface area contributed by atoms with Crippen LogP contribution in [0.1, 0.15) is 12.5 Å². The molecule has 0 fully saturated rings. The standard InChI is InChI=1S/C15H19N3O3/c1-10(19)8-18-15(21)14(20)16-7-6-11-9-17-13-5-3-2-4-12(11)13/h2-5,9-10,17,19H,6-8H2,1H3,(H,16,20)(H,18,21)/t10-/m0/s1. The fourth-order valence-electron chi connectivity index (χ4n) is 2.05. The lowest BCUT2D eigenvalue weighted by Gasteiger charge is -2.07. The van der Waals surface area contributed by atoms with Crippen LogP contribution in [0, 0.1) is 0 Å². The summed E-state index contributed by atoms with van der Waals surface area (Å²) in [5.41, 5.74) is 2.14. The molecule has 1 aromatic heterocycles. The van der Waals surface area contributed by atoms with Gasteiger partial charge in [0.15, 0.2) is 0 Å². The van der Waals surface area contributed by atoms with E-state index in [9.17, 15) is 9.59 Å². The second-order valence-electron chi connectivity index (χ2n) is 4.92. The Morgan fingerprint density at radius 1 is 1.24 bits per heavy atom. The molecule has 6 nitrogen and oxygen atoms in total. The van der Waals surface area contributed by atoms with E-state index in [2.05, 4.69) is 15.6 Å². The summed E-state index contributed by atoms with van der Waals surface area (Å²) in [6.45, 7) is 1.98. The van der Waals surface area contributed by atoms with E-state index >= 15 is 0 Å². The largest absolute Gasteiger partial charge is 0.392 e. The fourth-order valence-corrected chi connectivity index (χ4v) is 2.05. The molecule has 0 unspecified atom stereocenters. The molecule has 1 atom stereocenters. The summed E-state index contributed by atoms with van der Waals surface area (Å²) >= 11 is 0. The minimum Gasteiger partial charge on any atom is -0.392 e. The number of aliphatic hydroxyl groups is 1. The van der Waals surface area contributed by atoms with E-state index in [-0.39, 0.29) is 6.54 Å². The number of carbonyl (C=O) groups is 2. The average molecular weight is 289 g/mol. The van der Waals surface area contributed by atoms with Crippen LogP contribution in [0.5, 0.6) is 0 Å². The first-order valence-corrected chi connectivity index (χ1v) is 6.87.